The lowest BCUT2D eigenvalue weighted by molar-refractivity contribution is 0.0738. The molecule has 0 radical (unpaired) electrons. The van der Waals surface area contributed by atoms with Crippen molar-refractivity contribution in [2.75, 3.05) is 20.8 Å². The molecule has 0 bridgehead atoms. The van der Waals surface area contributed by atoms with Crippen LogP contribution < -0.4 is 9.47 Å². The van der Waals surface area contributed by atoms with Crippen LogP contribution in [0.2, 0.25) is 0 Å². The first kappa shape index (κ1) is 17.7. The summed E-state index contributed by atoms with van der Waals surface area (Å²) in [6, 6.07) is 4.00. The maximum absolute atomic E-state index is 13.0. The molecule has 0 aliphatic carbocycles. The minimum atomic E-state index is 0.0716. The van der Waals surface area contributed by atoms with Crippen molar-refractivity contribution in [2.24, 2.45) is 0 Å². The van der Waals surface area contributed by atoms with E-state index in [2.05, 4.69) is 18.8 Å². The van der Waals surface area contributed by atoms with E-state index in [0.717, 1.165) is 33.3 Å². The van der Waals surface area contributed by atoms with Gasteiger partial charge in [0.05, 0.1) is 24.9 Å². The van der Waals surface area contributed by atoms with Gasteiger partial charge in [-0.1, -0.05) is 13.8 Å². The number of hydrogen-bond donors (Lipinski definition) is 0. The summed E-state index contributed by atoms with van der Waals surface area (Å²) >= 11 is 1.52. The maximum Gasteiger partial charge on any atom is 0.266 e. The number of rotatable bonds is 4. The largest absolute Gasteiger partial charge is 0.493 e. The summed E-state index contributed by atoms with van der Waals surface area (Å²) in [4.78, 5) is 20.2. The maximum atomic E-state index is 13.0. The van der Waals surface area contributed by atoms with Crippen LogP contribution in [0.3, 0.4) is 0 Å². The van der Waals surface area contributed by atoms with Crippen molar-refractivity contribution in [3.05, 3.63) is 38.8 Å². The van der Waals surface area contributed by atoms with E-state index in [9.17, 15) is 4.79 Å². The molecule has 134 valence electrons. The Morgan fingerprint density at radius 3 is 2.40 bits per heavy atom. The van der Waals surface area contributed by atoms with Gasteiger partial charge in [-0.25, -0.2) is 4.98 Å². The number of nitrogens with zero attached hydrogens (tertiary/aromatic N) is 2. The Morgan fingerprint density at radius 1 is 1.20 bits per heavy atom. The SMILES string of the molecule is COc1cc2c(cc1OC)CN(C(=O)c1sc(C(C)C)nc1C)CC2. The number of carbonyl (C=O) groups is 1. The Kier molecular flexibility index (Phi) is 4.99. The second kappa shape index (κ2) is 7.04. The second-order valence-corrected chi connectivity index (χ2v) is 7.60. The average Bonchev–Trinajstić information content (AvgIpc) is 3.01. The predicted molar refractivity (Wildman–Crippen MR) is 98.9 cm³/mol. The minimum absolute atomic E-state index is 0.0716. The Balaban J connectivity index is 1.86. The summed E-state index contributed by atoms with van der Waals surface area (Å²) in [5, 5.41) is 1.02. The van der Waals surface area contributed by atoms with Crippen molar-refractivity contribution < 1.29 is 14.3 Å². The third kappa shape index (κ3) is 3.35. The molecular weight excluding hydrogens is 336 g/mol. The van der Waals surface area contributed by atoms with Crippen LogP contribution in [0.5, 0.6) is 11.5 Å². The molecule has 1 aliphatic rings. The van der Waals surface area contributed by atoms with Gasteiger partial charge in [0.25, 0.3) is 5.91 Å². The van der Waals surface area contributed by atoms with Gasteiger partial charge in [0.15, 0.2) is 11.5 Å². The van der Waals surface area contributed by atoms with Crippen LogP contribution in [-0.4, -0.2) is 36.6 Å². The molecule has 0 fully saturated rings. The lowest BCUT2D eigenvalue weighted by Gasteiger charge is -2.29. The van der Waals surface area contributed by atoms with Crippen molar-refractivity contribution in [1.82, 2.24) is 9.88 Å². The zero-order valence-corrected chi connectivity index (χ0v) is 16.2. The van der Waals surface area contributed by atoms with E-state index >= 15 is 0 Å². The smallest absolute Gasteiger partial charge is 0.266 e. The zero-order valence-electron chi connectivity index (χ0n) is 15.4. The van der Waals surface area contributed by atoms with E-state index < -0.39 is 0 Å². The number of aryl methyl sites for hydroxylation is 1. The van der Waals surface area contributed by atoms with Gasteiger partial charge >= 0.3 is 0 Å². The molecule has 25 heavy (non-hydrogen) atoms. The summed E-state index contributed by atoms with van der Waals surface area (Å²) in [7, 11) is 3.27. The van der Waals surface area contributed by atoms with Crippen LogP contribution in [0.25, 0.3) is 0 Å². The highest BCUT2D eigenvalue weighted by atomic mass is 32.1. The number of ether oxygens (including phenoxy) is 2. The topological polar surface area (TPSA) is 51.7 Å². The molecule has 2 heterocycles. The molecule has 0 atom stereocenters. The lowest BCUT2D eigenvalue weighted by Crippen LogP contribution is -2.35. The molecule has 1 aromatic heterocycles. The quantitative estimate of drug-likeness (QED) is 0.832. The molecular formula is C19H24N2O3S. The number of aromatic nitrogens is 1. The van der Waals surface area contributed by atoms with Gasteiger partial charge in [-0.3, -0.25) is 4.79 Å². The van der Waals surface area contributed by atoms with Gasteiger partial charge < -0.3 is 14.4 Å². The predicted octanol–water partition coefficient (Wildman–Crippen LogP) is 3.79. The van der Waals surface area contributed by atoms with Gasteiger partial charge in [-0.2, -0.15) is 0 Å². The summed E-state index contributed by atoms with van der Waals surface area (Å²) < 4.78 is 10.8. The first-order valence-corrected chi connectivity index (χ1v) is 9.26. The first-order chi connectivity index (χ1) is 11.9. The highest BCUT2D eigenvalue weighted by molar-refractivity contribution is 7.13. The van der Waals surface area contributed by atoms with E-state index in [4.69, 9.17) is 9.47 Å². The highest BCUT2D eigenvalue weighted by Crippen LogP contribution is 2.34. The molecule has 3 rings (SSSR count). The molecule has 2 aromatic rings. The number of fused-ring (bicyclic) bond motifs is 1. The number of thiazole rings is 1. The van der Waals surface area contributed by atoms with E-state index in [1.54, 1.807) is 14.2 Å². The van der Waals surface area contributed by atoms with Crippen LogP contribution in [0.4, 0.5) is 0 Å². The lowest BCUT2D eigenvalue weighted by atomic mass is 9.98. The Hall–Kier alpha value is -2.08. The van der Waals surface area contributed by atoms with Gasteiger partial charge in [0.1, 0.15) is 4.88 Å². The molecule has 1 aliphatic heterocycles. The summed E-state index contributed by atoms with van der Waals surface area (Å²) in [5.74, 6) is 1.85. The second-order valence-electron chi connectivity index (χ2n) is 6.57. The van der Waals surface area contributed by atoms with E-state index in [0.29, 0.717) is 24.8 Å². The highest BCUT2D eigenvalue weighted by Gasteiger charge is 2.26. The molecule has 1 aromatic carbocycles. The van der Waals surface area contributed by atoms with Gasteiger partial charge in [-0.05, 0) is 36.6 Å². The third-order valence-corrected chi connectivity index (χ3v) is 5.95. The summed E-state index contributed by atoms with van der Waals surface area (Å²) in [6.45, 7) is 7.41. The van der Waals surface area contributed by atoms with E-state index in [1.165, 1.54) is 16.9 Å². The van der Waals surface area contributed by atoms with Gasteiger partial charge in [0, 0.05) is 19.0 Å². The molecule has 0 spiro atoms. The zero-order chi connectivity index (χ0) is 18.1. The van der Waals surface area contributed by atoms with Gasteiger partial charge in [0.2, 0.25) is 0 Å². The minimum Gasteiger partial charge on any atom is -0.493 e. The summed E-state index contributed by atoms with van der Waals surface area (Å²) in [6.07, 6.45) is 0.816. The monoisotopic (exact) mass is 360 g/mol. The molecule has 0 unspecified atom stereocenters. The first-order valence-electron chi connectivity index (χ1n) is 8.45. The Bertz CT molecular complexity index is 798. The number of carbonyl (C=O) groups excluding carboxylic acids is 1. The van der Waals surface area contributed by atoms with E-state index in [-0.39, 0.29) is 5.91 Å². The molecule has 0 saturated carbocycles. The molecule has 0 N–H and O–H groups in total. The third-order valence-electron chi connectivity index (χ3n) is 4.51. The normalized spacial score (nSPS) is 13.8. The fourth-order valence-electron chi connectivity index (χ4n) is 3.06. The van der Waals surface area contributed by atoms with Crippen molar-refractivity contribution in [3.8, 4) is 11.5 Å². The number of amides is 1. The van der Waals surface area contributed by atoms with Crippen LogP contribution in [0.1, 0.15) is 51.3 Å². The standard InChI is InChI=1S/C19H24N2O3S/c1-11(2)18-20-12(3)17(25-18)19(22)21-7-6-13-8-15(23-4)16(24-5)9-14(13)10-21/h8-9,11H,6-7,10H2,1-5H3. The van der Waals surface area contributed by atoms with Crippen molar-refractivity contribution >= 4 is 17.2 Å². The summed E-state index contributed by atoms with van der Waals surface area (Å²) in [5.41, 5.74) is 3.16. The molecule has 1 amide bonds. The Labute approximate surface area is 152 Å². The van der Waals surface area contributed by atoms with Crippen molar-refractivity contribution in [1.29, 1.82) is 0 Å². The number of benzene rings is 1. The average molecular weight is 360 g/mol. The molecule has 6 heteroatoms. The van der Waals surface area contributed by atoms with Gasteiger partial charge in [-0.15, -0.1) is 11.3 Å². The Morgan fingerprint density at radius 2 is 1.84 bits per heavy atom. The molecule has 0 saturated heterocycles. The van der Waals surface area contributed by atoms with Crippen LogP contribution >= 0.6 is 11.3 Å². The van der Waals surface area contributed by atoms with E-state index in [1.807, 2.05) is 24.0 Å². The van der Waals surface area contributed by atoms with Crippen LogP contribution in [0.15, 0.2) is 12.1 Å². The number of methoxy groups -OCH3 is 2. The van der Waals surface area contributed by atoms with Crippen molar-refractivity contribution in [2.45, 2.75) is 39.7 Å². The molecule has 5 nitrogen and oxygen atoms in total. The van der Waals surface area contributed by atoms with Crippen LogP contribution in [0, 0.1) is 6.92 Å². The number of hydrogen-bond acceptors (Lipinski definition) is 5. The fraction of sp³-hybridized carbons (Fsp3) is 0.474. The van der Waals surface area contributed by atoms with Crippen molar-refractivity contribution in [3.63, 3.8) is 0 Å². The van der Waals surface area contributed by atoms with Crippen LogP contribution in [-0.2, 0) is 13.0 Å². The fourth-order valence-corrected chi connectivity index (χ4v) is 4.10.